The van der Waals surface area contributed by atoms with Crippen molar-refractivity contribution in [2.45, 2.75) is 38.2 Å². The highest BCUT2D eigenvalue weighted by atomic mass is 16.5. The van der Waals surface area contributed by atoms with Gasteiger partial charge in [0.15, 0.2) is 5.78 Å². The summed E-state index contributed by atoms with van der Waals surface area (Å²) in [6, 6.07) is 0. The lowest BCUT2D eigenvalue weighted by atomic mass is 9.87. The zero-order chi connectivity index (χ0) is 14.2. The van der Waals surface area contributed by atoms with Crippen LogP contribution in [-0.4, -0.2) is 43.0 Å². The highest BCUT2D eigenvalue weighted by molar-refractivity contribution is 6.00. The first-order valence-corrected chi connectivity index (χ1v) is 7.91. The standard InChI is InChI=1S/C17H25NO2/c1-3-8-18-9-4-5-14(12-18)16(19)13-6-7-17(20-2)11-15(17)10-13/h6-7,10,14-15H,3-5,8-9,11-12H2,1-2H3. The van der Waals surface area contributed by atoms with E-state index < -0.39 is 0 Å². The minimum atomic E-state index is -0.0788. The fourth-order valence-corrected chi connectivity index (χ4v) is 3.67. The molecule has 1 saturated carbocycles. The molecule has 2 aliphatic carbocycles. The molecule has 1 heterocycles. The Morgan fingerprint density at radius 1 is 1.55 bits per heavy atom. The summed E-state index contributed by atoms with van der Waals surface area (Å²) in [6.07, 6.45) is 10.6. The van der Waals surface area contributed by atoms with Crippen molar-refractivity contribution in [3.63, 3.8) is 0 Å². The lowest BCUT2D eigenvalue weighted by Crippen LogP contribution is -2.39. The molecule has 110 valence electrons. The van der Waals surface area contributed by atoms with E-state index in [1.807, 2.05) is 6.08 Å². The van der Waals surface area contributed by atoms with Crippen LogP contribution in [0.25, 0.3) is 0 Å². The molecule has 1 aliphatic heterocycles. The molecule has 2 fully saturated rings. The van der Waals surface area contributed by atoms with Gasteiger partial charge in [0, 0.05) is 31.1 Å². The van der Waals surface area contributed by atoms with E-state index in [2.05, 4.69) is 24.0 Å². The number of ether oxygens (including phenoxy) is 1. The number of methoxy groups -OCH3 is 1. The molecule has 3 aliphatic rings. The number of carbonyl (C=O) groups excluding carboxylic acids is 1. The molecule has 3 atom stereocenters. The molecule has 0 spiro atoms. The lowest BCUT2D eigenvalue weighted by molar-refractivity contribution is -0.120. The number of Topliss-reactive ketones (excluding diaryl/α,β-unsaturated/α-hetero) is 1. The van der Waals surface area contributed by atoms with Crippen LogP contribution in [0.15, 0.2) is 23.8 Å². The molecular formula is C17H25NO2. The third-order valence-electron chi connectivity index (χ3n) is 5.01. The van der Waals surface area contributed by atoms with E-state index >= 15 is 0 Å². The topological polar surface area (TPSA) is 29.5 Å². The van der Waals surface area contributed by atoms with Crippen molar-refractivity contribution in [1.29, 1.82) is 0 Å². The molecule has 3 rings (SSSR count). The maximum Gasteiger partial charge on any atom is 0.166 e. The van der Waals surface area contributed by atoms with Crippen molar-refractivity contribution in [3.05, 3.63) is 23.8 Å². The molecule has 0 N–H and O–H groups in total. The first-order chi connectivity index (χ1) is 9.68. The van der Waals surface area contributed by atoms with E-state index in [4.69, 9.17) is 4.74 Å². The van der Waals surface area contributed by atoms with Crippen LogP contribution in [0, 0.1) is 11.8 Å². The molecule has 1 saturated heterocycles. The summed E-state index contributed by atoms with van der Waals surface area (Å²) >= 11 is 0. The summed E-state index contributed by atoms with van der Waals surface area (Å²) in [5.41, 5.74) is 0.841. The fourth-order valence-electron chi connectivity index (χ4n) is 3.67. The summed E-state index contributed by atoms with van der Waals surface area (Å²) in [5.74, 6) is 0.963. The highest BCUT2D eigenvalue weighted by Crippen LogP contribution is 2.51. The summed E-state index contributed by atoms with van der Waals surface area (Å²) in [4.78, 5) is 15.1. The van der Waals surface area contributed by atoms with E-state index in [1.165, 1.54) is 6.42 Å². The number of fused-ring (bicyclic) bond motifs is 1. The summed E-state index contributed by atoms with van der Waals surface area (Å²) in [5, 5.41) is 0. The molecule has 3 heteroatoms. The fraction of sp³-hybridized carbons (Fsp3) is 0.706. The average molecular weight is 275 g/mol. The van der Waals surface area contributed by atoms with Gasteiger partial charge in [0.05, 0.1) is 5.60 Å². The monoisotopic (exact) mass is 275 g/mol. The number of piperidine rings is 1. The first kappa shape index (κ1) is 14.0. The third kappa shape index (κ3) is 2.49. The third-order valence-corrected chi connectivity index (χ3v) is 5.01. The second-order valence-corrected chi connectivity index (χ2v) is 6.43. The van der Waals surface area contributed by atoms with Gasteiger partial charge in [-0.25, -0.2) is 0 Å². The molecular weight excluding hydrogens is 250 g/mol. The minimum absolute atomic E-state index is 0.0788. The molecule has 0 amide bonds. The second-order valence-electron chi connectivity index (χ2n) is 6.43. The molecule has 0 aromatic rings. The van der Waals surface area contributed by atoms with Gasteiger partial charge in [-0.2, -0.15) is 0 Å². The summed E-state index contributed by atoms with van der Waals surface area (Å²) < 4.78 is 5.52. The van der Waals surface area contributed by atoms with Gasteiger partial charge >= 0.3 is 0 Å². The van der Waals surface area contributed by atoms with Gasteiger partial charge < -0.3 is 9.64 Å². The summed E-state index contributed by atoms with van der Waals surface area (Å²) in [7, 11) is 1.76. The number of allylic oxidation sites excluding steroid dienone is 2. The van der Waals surface area contributed by atoms with Crippen molar-refractivity contribution in [1.82, 2.24) is 4.90 Å². The van der Waals surface area contributed by atoms with Crippen LogP contribution in [0.5, 0.6) is 0 Å². The quantitative estimate of drug-likeness (QED) is 0.772. The molecule has 20 heavy (non-hydrogen) atoms. The summed E-state index contributed by atoms with van der Waals surface area (Å²) in [6.45, 7) is 5.42. The zero-order valence-corrected chi connectivity index (χ0v) is 12.6. The number of carbonyl (C=O) groups is 1. The lowest BCUT2D eigenvalue weighted by Gasteiger charge is -2.32. The van der Waals surface area contributed by atoms with Crippen molar-refractivity contribution >= 4 is 5.78 Å². The van der Waals surface area contributed by atoms with Gasteiger partial charge in [0.2, 0.25) is 0 Å². The van der Waals surface area contributed by atoms with Crippen molar-refractivity contribution in [2.75, 3.05) is 26.7 Å². The van der Waals surface area contributed by atoms with Crippen LogP contribution in [0.4, 0.5) is 0 Å². The molecule has 3 unspecified atom stereocenters. The molecule has 0 bridgehead atoms. The zero-order valence-electron chi connectivity index (χ0n) is 12.6. The Hall–Kier alpha value is -0.930. The van der Waals surface area contributed by atoms with E-state index in [0.717, 1.165) is 44.5 Å². The maximum absolute atomic E-state index is 12.7. The van der Waals surface area contributed by atoms with Crippen LogP contribution in [-0.2, 0) is 9.53 Å². The predicted molar refractivity (Wildman–Crippen MR) is 79.5 cm³/mol. The van der Waals surface area contributed by atoms with E-state index in [1.54, 1.807) is 7.11 Å². The van der Waals surface area contributed by atoms with E-state index in [-0.39, 0.29) is 11.5 Å². The Morgan fingerprint density at radius 3 is 3.10 bits per heavy atom. The Labute approximate surface area is 121 Å². The van der Waals surface area contributed by atoms with E-state index in [9.17, 15) is 4.79 Å². The van der Waals surface area contributed by atoms with Gasteiger partial charge in [-0.1, -0.05) is 25.2 Å². The Kier molecular flexibility index (Phi) is 3.83. The number of ketones is 1. The largest absolute Gasteiger partial charge is 0.374 e. The Bertz CT molecular complexity index is 452. The van der Waals surface area contributed by atoms with Gasteiger partial charge in [-0.15, -0.1) is 0 Å². The smallest absolute Gasteiger partial charge is 0.166 e. The Balaban J connectivity index is 1.64. The van der Waals surface area contributed by atoms with Gasteiger partial charge in [-0.3, -0.25) is 4.79 Å². The average Bonchev–Trinajstić information content (AvgIpc) is 3.21. The van der Waals surface area contributed by atoms with Crippen LogP contribution in [0.1, 0.15) is 32.6 Å². The van der Waals surface area contributed by atoms with Crippen molar-refractivity contribution in [2.24, 2.45) is 11.8 Å². The molecule has 0 aromatic carbocycles. The van der Waals surface area contributed by atoms with Crippen molar-refractivity contribution < 1.29 is 9.53 Å². The maximum atomic E-state index is 12.7. The second kappa shape index (κ2) is 5.45. The number of hydrogen-bond acceptors (Lipinski definition) is 3. The highest BCUT2D eigenvalue weighted by Gasteiger charge is 2.53. The SMILES string of the molecule is CCCN1CCCC(C(=O)C2=CC3CC3(OC)C=C2)C1. The normalized spacial score (nSPS) is 36.4. The number of likely N-dealkylation sites (tertiary alicyclic amines) is 1. The van der Waals surface area contributed by atoms with Gasteiger partial charge in [0.1, 0.15) is 0 Å². The van der Waals surface area contributed by atoms with Crippen LogP contribution in [0.3, 0.4) is 0 Å². The molecule has 0 aromatic heterocycles. The minimum Gasteiger partial charge on any atom is -0.374 e. The Morgan fingerprint density at radius 2 is 2.40 bits per heavy atom. The van der Waals surface area contributed by atoms with Crippen molar-refractivity contribution in [3.8, 4) is 0 Å². The van der Waals surface area contributed by atoms with Gasteiger partial charge in [0.25, 0.3) is 0 Å². The number of nitrogens with zero attached hydrogens (tertiary/aromatic N) is 1. The molecule has 3 nitrogen and oxygen atoms in total. The van der Waals surface area contributed by atoms with Gasteiger partial charge in [-0.05, 0) is 38.8 Å². The number of rotatable bonds is 5. The van der Waals surface area contributed by atoms with Crippen LogP contribution < -0.4 is 0 Å². The van der Waals surface area contributed by atoms with E-state index in [0.29, 0.717) is 11.7 Å². The first-order valence-electron chi connectivity index (χ1n) is 7.91. The molecule has 0 radical (unpaired) electrons. The van der Waals surface area contributed by atoms with Crippen LogP contribution >= 0.6 is 0 Å². The number of hydrogen-bond donors (Lipinski definition) is 0. The van der Waals surface area contributed by atoms with Crippen LogP contribution in [0.2, 0.25) is 0 Å². The predicted octanol–water partition coefficient (Wildman–Crippen LogP) is 2.58.